The average Bonchev–Trinajstić information content (AvgIpc) is 2.78. The Balaban J connectivity index is 2.57. The van der Waals surface area contributed by atoms with E-state index >= 15 is 0 Å². The zero-order chi connectivity index (χ0) is 23.1. The van der Waals surface area contributed by atoms with Crippen LogP contribution in [0.5, 0.6) is 5.75 Å². The number of benzene rings is 2. The van der Waals surface area contributed by atoms with Gasteiger partial charge in [-0.25, -0.2) is 10.4 Å². The fourth-order valence-electron chi connectivity index (χ4n) is 2.64. The Morgan fingerprint density at radius 1 is 1.19 bits per heavy atom. The van der Waals surface area contributed by atoms with Gasteiger partial charge in [0.05, 0.1) is 33.1 Å². The number of phenolic OH excluding ortho intramolecular Hbond substituents is 1. The SMILES string of the molecule is CNN(C(=O)/C(Nc1cc(C#N)cc(C(=O)N(C)C)c1O)=C(/Br)C=O)c1ccccc1. The molecule has 3 N–H and O–H groups in total. The summed E-state index contributed by atoms with van der Waals surface area (Å²) in [5.74, 6) is -1.66. The molecule has 0 spiro atoms. The Morgan fingerprint density at radius 3 is 2.35 bits per heavy atom. The number of nitrogens with zero attached hydrogens (tertiary/aromatic N) is 3. The van der Waals surface area contributed by atoms with Gasteiger partial charge in [-0.3, -0.25) is 14.4 Å². The number of rotatable bonds is 7. The van der Waals surface area contributed by atoms with Crippen LogP contribution in [-0.2, 0) is 9.59 Å². The summed E-state index contributed by atoms with van der Waals surface area (Å²) < 4.78 is -0.129. The lowest BCUT2D eigenvalue weighted by Crippen LogP contribution is -2.43. The predicted molar refractivity (Wildman–Crippen MR) is 119 cm³/mol. The number of anilines is 2. The first-order valence-electron chi connectivity index (χ1n) is 8.92. The number of hydrazine groups is 1. The first kappa shape index (κ1) is 23.6. The van der Waals surface area contributed by atoms with Gasteiger partial charge in [0.2, 0.25) is 0 Å². The number of nitriles is 1. The standard InChI is InChI=1S/C21H20BrN5O4/c1-24-27(14-7-5-4-6-8-14)21(31)18(16(22)12-28)25-17-10-13(11-23)9-15(19(17)29)20(30)26(2)3/h4-10,12,24-25,29H,1-3H3/b18-16-. The van der Waals surface area contributed by atoms with E-state index in [0.29, 0.717) is 12.0 Å². The Bertz CT molecular complexity index is 1080. The second-order valence-electron chi connectivity index (χ2n) is 6.40. The van der Waals surface area contributed by atoms with Crippen LogP contribution >= 0.6 is 15.9 Å². The normalized spacial score (nSPS) is 11.1. The van der Waals surface area contributed by atoms with Crippen molar-refractivity contribution in [3.05, 3.63) is 63.8 Å². The average molecular weight is 486 g/mol. The van der Waals surface area contributed by atoms with Crippen LogP contribution in [0.2, 0.25) is 0 Å². The lowest BCUT2D eigenvalue weighted by atomic mass is 10.1. The highest BCUT2D eigenvalue weighted by atomic mass is 79.9. The van der Waals surface area contributed by atoms with Crippen molar-refractivity contribution >= 4 is 45.4 Å². The van der Waals surface area contributed by atoms with Crippen molar-refractivity contribution in [3.63, 3.8) is 0 Å². The number of hydrogen-bond acceptors (Lipinski definition) is 7. The fourth-order valence-corrected chi connectivity index (χ4v) is 2.91. The number of hydrogen-bond donors (Lipinski definition) is 3. The molecule has 160 valence electrons. The van der Waals surface area contributed by atoms with E-state index in [1.54, 1.807) is 30.3 Å². The van der Waals surface area contributed by atoms with Gasteiger partial charge in [0, 0.05) is 21.1 Å². The number of para-hydroxylation sites is 1. The summed E-state index contributed by atoms with van der Waals surface area (Å²) in [6.45, 7) is 0. The molecule has 0 fully saturated rings. The highest BCUT2D eigenvalue weighted by molar-refractivity contribution is 9.12. The number of halogens is 1. The van der Waals surface area contributed by atoms with Crippen molar-refractivity contribution in [2.75, 3.05) is 31.5 Å². The zero-order valence-corrected chi connectivity index (χ0v) is 18.6. The summed E-state index contributed by atoms with van der Waals surface area (Å²) >= 11 is 3.05. The molecule has 0 radical (unpaired) electrons. The maximum Gasteiger partial charge on any atom is 0.290 e. The molecule has 31 heavy (non-hydrogen) atoms. The van der Waals surface area contributed by atoms with Gasteiger partial charge in [-0.05, 0) is 40.2 Å². The molecule has 0 aromatic heterocycles. The van der Waals surface area contributed by atoms with Crippen molar-refractivity contribution < 1.29 is 19.5 Å². The number of nitrogens with one attached hydrogen (secondary N) is 2. The van der Waals surface area contributed by atoms with Crippen LogP contribution in [0.4, 0.5) is 11.4 Å². The molecule has 2 aromatic rings. The first-order valence-corrected chi connectivity index (χ1v) is 9.72. The molecule has 9 nitrogen and oxygen atoms in total. The third-order valence-electron chi connectivity index (χ3n) is 4.13. The van der Waals surface area contributed by atoms with Gasteiger partial charge in [-0.15, -0.1) is 0 Å². The maximum atomic E-state index is 13.2. The Labute approximate surface area is 187 Å². The zero-order valence-electron chi connectivity index (χ0n) is 17.0. The van der Waals surface area contributed by atoms with E-state index in [-0.39, 0.29) is 27.0 Å². The molecule has 0 heterocycles. The molecule has 0 aliphatic heterocycles. The highest BCUT2D eigenvalue weighted by Gasteiger charge is 2.25. The van der Waals surface area contributed by atoms with Gasteiger partial charge >= 0.3 is 0 Å². The largest absolute Gasteiger partial charge is 0.505 e. The van der Waals surface area contributed by atoms with E-state index in [4.69, 9.17) is 0 Å². The molecule has 2 amide bonds. The number of aromatic hydroxyl groups is 1. The van der Waals surface area contributed by atoms with Crippen LogP contribution < -0.4 is 15.8 Å². The van der Waals surface area contributed by atoms with Crippen LogP contribution in [0.1, 0.15) is 15.9 Å². The number of carbonyl (C=O) groups excluding carboxylic acids is 3. The van der Waals surface area contributed by atoms with E-state index in [2.05, 4.69) is 26.7 Å². The van der Waals surface area contributed by atoms with Gasteiger partial charge in [0.1, 0.15) is 5.70 Å². The summed E-state index contributed by atoms with van der Waals surface area (Å²) in [6.07, 6.45) is 0.413. The smallest absolute Gasteiger partial charge is 0.290 e. The van der Waals surface area contributed by atoms with Gasteiger partial charge in [0.25, 0.3) is 11.8 Å². The van der Waals surface area contributed by atoms with E-state index in [1.807, 2.05) is 6.07 Å². The summed E-state index contributed by atoms with van der Waals surface area (Å²) in [4.78, 5) is 38.3. The van der Waals surface area contributed by atoms with Crippen molar-refractivity contribution in [1.82, 2.24) is 10.3 Å². The second kappa shape index (κ2) is 10.4. The Morgan fingerprint density at radius 2 is 1.84 bits per heavy atom. The molecular weight excluding hydrogens is 466 g/mol. The van der Waals surface area contributed by atoms with Crippen LogP contribution in [0, 0.1) is 11.3 Å². The molecule has 0 atom stereocenters. The minimum atomic E-state index is -0.657. The van der Waals surface area contributed by atoms with Crippen molar-refractivity contribution in [2.45, 2.75) is 0 Å². The van der Waals surface area contributed by atoms with Gasteiger partial charge in [-0.2, -0.15) is 5.26 Å². The molecule has 2 rings (SSSR count). The van der Waals surface area contributed by atoms with E-state index in [9.17, 15) is 24.8 Å². The molecular formula is C21H20BrN5O4. The topological polar surface area (TPSA) is 126 Å². The fraction of sp³-hybridized carbons (Fsp3) is 0.143. The van der Waals surface area contributed by atoms with Crippen LogP contribution in [-0.4, -0.2) is 49.2 Å². The minimum Gasteiger partial charge on any atom is -0.505 e. The minimum absolute atomic E-state index is 0.0769. The van der Waals surface area contributed by atoms with Crippen molar-refractivity contribution in [1.29, 1.82) is 5.26 Å². The summed E-state index contributed by atoms with van der Waals surface area (Å²) in [5.41, 5.74) is 2.88. The maximum absolute atomic E-state index is 13.2. The molecule has 0 saturated carbocycles. The van der Waals surface area contributed by atoms with Crippen LogP contribution in [0.3, 0.4) is 0 Å². The summed E-state index contributed by atoms with van der Waals surface area (Å²) in [7, 11) is 4.52. The van der Waals surface area contributed by atoms with E-state index in [1.165, 1.54) is 43.2 Å². The number of amides is 2. The Kier molecular flexibility index (Phi) is 7.90. The molecule has 0 aliphatic carbocycles. The predicted octanol–water partition coefficient (Wildman–Crippen LogP) is 2.35. The molecule has 0 unspecified atom stereocenters. The molecule has 0 bridgehead atoms. The Hall–Kier alpha value is -3.68. The summed E-state index contributed by atoms with van der Waals surface area (Å²) in [5, 5.41) is 23.8. The lowest BCUT2D eigenvalue weighted by Gasteiger charge is -2.24. The van der Waals surface area contributed by atoms with E-state index in [0.717, 1.165) is 0 Å². The summed E-state index contributed by atoms with van der Waals surface area (Å²) in [6, 6.07) is 13.0. The van der Waals surface area contributed by atoms with E-state index < -0.39 is 17.6 Å². The van der Waals surface area contributed by atoms with Crippen molar-refractivity contribution in [3.8, 4) is 11.8 Å². The lowest BCUT2D eigenvalue weighted by molar-refractivity contribution is -0.116. The number of allylic oxidation sites excluding steroid dienone is 1. The molecule has 0 saturated heterocycles. The molecule has 10 heteroatoms. The third-order valence-corrected chi connectivity index (χ3v) is 4.72. The van der Waals surface area contributed by atoms with Crippen LogP contribution in [0.15, 0.2) is 52.6 Å². The molecule has 0 aliphatic rings. The van der Waals surface area contributed by atoms with Crippen molar-refractivity contribution in [2.24, 2.45) is 0 Å². The first-order chi connectivity index (χ1) is 14.7. The number of aldehydes is 1. The monoisotopic (exact) mass is 485 g/mol. The second-order valence-corrected chi connectivity index (χ2v) is 7.25. The number of carbonyl (C=O) groups is 3. The van der Waals surface area contributed by atoms with Gasteiger partial charge in [0.15, 0.2) is 12.0 Å². The quantitative estimate of drug-likeness (QED) is 0.237. The third kappa shape index (κ3) is 5.28. The van der Waals surface area contributed by atoms with Crippen LogP contribution in [0.25, 0.3) is 0 Å². The number of phenols is 1. The molecule has 2 aromatic carbocycles. The van der Waals surface area contributed by atoms with Gasteiger partial charge < -0.3 is 15.3 Å². The van der Waals surface area contributed by atoms with Gasteiger partial charge in [-0.1, -0.05) is 18.2 Å². The highest BCUT2D eigenvalue weighted by Crippen LogP contribution is 2.32.